The molecule has 0 heterocycles. The third-order valence-electron chi connectivity index (χ3n) is 11.8. The predicted molar refractivity (Wildman–Crippen MR) is 278 cm³/mol. The molecular formula is C55H104N2O7P+. The lowest BCUT2D eigenvalue weighted by atomic mass is 10.0. The number of unbranched alkanes of at least 4 members (excludes halogenated alkanes) is 24. The van der Waals surface area contributed by atoms with Crippen molar-refractivity contribution >= 4 is 13.7 Å². The molecule has 0 saturated carbocycles. The number of phosphoric ester groups is 1. The minimum Gasteiger partial charge on any atom is -0.390 e. The van der Waals surface area contributed by atoms with E-state index in [9.17, 15) is 24.5 Å². The third kappa shape index (κ3) is 47.0. The van der Waals surface area contributed by atoms with Crippen LogP contribution in [0.5, 0.6) is 0 Å². The van der Waals surface area contributed by atoms with Gasteiger partial charge in [0.15, 0.2) is 0 Å². The van der Waals surface area contributed by atoms with Crippen molar-refractivity contribution < 1.29 is 38.0 Å². The zero-order valence-electron chi connectivity index (χ0n) is 42.8. The maximum absolute atomic E-state index is 13.0. The lowest BCUT2D eigenvalue weighted by Crippen LogP contribution is -2.51. The van der Waals surface area contributed by atoms with Gasteiger partial charge in [0, 0.05) is 6.42 Å². The molecule has 0 fully saturated rings. The molecule has 10 heteroatoms. The standard InChI is InChI=1S/C55H103N2O7P/c1-6-8-10-12-14-16-18-20-21-22-23-24-25-26-27-28-29-30-31-32-33-34-35-36-38-40-42-44-46-48-54(59)56-52(51-64-65(61,62)63-50-49-57(3,4)5)55(60)53(58)47-45-43-41-39-37-19-17-15-13-11-9-7-2/h15,17-18,20,22-23,25-26,39,41,52-53,55,58,60H,6-14,16,19,21,24,27-38,40,42-51H2,1-5H3,(H-,56,59,61,62)/p+1/b17-15+,20-18-,23-22-,26-25-,41-39+. The van der Waals surface area contributed by atoms with E-state index in [0.717, 1.165) is 64.2 Å². The minimum absolute atomic E-state index is 0.0120. The number of amides is 1. The third-order valence-corrected chi connectivity index (χ3v) is 12.8. The summed E-state index contributed by atoms with van der Waals surface area (Å²) >= 11 is 0. The minimum atomic E-state index is -4.43. The summed E-state index contributed by atoms with van der Waals surface area (Å²) in [5, 5.41) is 24.7. The van der Waals surface area contributed by atoms with Gasteiger partial charge in [0.05, 0.1) is 39.9 Å². The van der Waals surface area contributed by atoms with Crippen LogP contribution in [0.4, 0.5) is 0 Å². The largest absolute Gasteiger partial charge is 0.472 e. The van der Waals surface area contributed by atoms with E-state index < -0.39 is 32.7 Å². The number of aliphatic hydroxyl groups excluding tert-OH is 2. The molecule has 0 aliphatic heterocycles. The van der Waals surface area contributed by atoms with E-state index in [2.05, 4.69) is 79.9 Å². The quantitative estimate of drug-likeness (QED) is 0.0207. The van der Waals surface area contributed by atoms with Crippen molar-refractivity contribution in [3.8, 4) is 0 Å². The number of likely N-dealkylation sites (N-methyl/N-ethyl adjacent to an activating group) is 1. The molecule has 0 aromatic rings. The molecule has 0 aliphatic rings. The smallest absolute Gasteiger partial charge is 0.390 e. The van der Waals surface area contributed by atoms with Crippen LogP contribution >= 0.6 is 7.82 Å². The van der Waals surface area contributed by atoms with E-state index in [-0.39, 0.29) is 18.9 Å². The molecule has 0 aromatic carbocycles. The summed E-state index contributed by atoms with van der Waals surface area (Å²) in [5.74, 6) is -0.274. The zero-order valence-corrected chi connectivity index (χ0v) is 43.7. The van der Waals surface area contributed by atoms with Crippen molar-refractivity contribution in [2.45, 2.75) is 244 Å². The van der Waals surface area contributed by atoms with Gasteiger partial charge in [0.2, 0.25) is 5.91 Å². The number of allylic oxidation sites excluding steroid dienone is 10. The fourth-order valence-electron chi connectivity index (χ4n) is 7.52. The zero-order chi connectivity index (χ0) is 48.0. The summed E-state index contributed by atoms with van der Waals surface area (Å²) < 4.78 is 23.5. The van der Waals surface area contributed by atoms with Crippen molar-refractivity contribution in [1.29, 1.82) is 0 Å². The highest BCUT2D eigenvalue weighted by Crippen LogP contribution is 2.43. The maximum atomic E-state index is 13.0. The topological polar surface area (TPSA) is 125 Å². The Morgan fingerprint density at radius 2 is 0.923 bits per heavy atom. The molecule has 0 aliphatic carbocycles. The normalized spacial score (nSPS) is 15.0. The van der Waals surface area contributed by atoms with Crippen molar-refractivity contribution in [1.82, 2.24) is 5.32 Å². The van der Waals surface area contributed by atoms with Gasteiger partial charge in [-0.3, -0.25) is 13.8 Å². The lowest BCUT2D eigenvalue weighted by Gasteiger charge is -2.28. The molecule has 4 unspecified atom stereocenters. The van der Waals surface area contributed by atoms with Gasteiger partial charge in [-0.1, -0.05) is 190 Å². The number of nitrogens with one attached hydrogen (secondary N) is 1. The second kappa shape index (κ2) is 45.9. The van der Waals surface area contributed by atoms with Crippen molar-refractivity contribution in [2.75, 3.05) is 40.9 Å². The highest BCUT2D eigenvalue weighted by molar-refractivity contribution is 7.47. The number of carbonyl (C=O) groups excluding carboxylic acids is 1. The summed E-state index contributed by atoms with van der Waals surface area (Å²) in [6.45, 7) is 4.53. The number of carbonyl (C=O) groups is 1. The summed E-state index contributed by atoms with van der Waals surface area (Å²) in [5.41, 5.74) is 0. The number of aliphatic hydroxyl groups is 2. The van der Waals surface area contributed by atoms with Crippen LogP contribution in [0.15, 0.2) is 60.8 Å². The Bertz CT molecular complexity index is 1260. The van der Waals surface area contributed by atoms with Gasteiger partial charge >= 0.3 is 7.82 Å². The van der Waals surface area contributed by atoms with Gasteiger partial charge in [-0.2, -0.15) is 0 Å². The maximum Gasteiger partial charge on any atom is 0.472 e. The lowest BCUT2D eigenvalue weighted by molar-refractivity contribution is -0.870. The van der Waals surface area contributed by atoms with Gasteiger partial charge in [0.1, 0.15) is 19.3 Å². The van der Waals surface area contributed by atoms with Crippen molar-refractivity contribution in [3.05, 3.63) is 60.8 Å². The molecule has 0 rings (SSSR count). The van der Waals surface area contributed by atoms with Gasteiger partial charge < -0.3 is 24.9 Å². The molecule has 0 saturated heterocycles. The summed E-state index contributed by atoms with van der Waals surface area (Å²) in [6, 6.07) is -1.06. The Labute approximate surface area is 401 Å². The number of hydrogen-bond donors (Lipinski definition) is 4. The van der Waals surface area contributed by atoms with Crippen LogP contribution in [0.3, 0.4) is 0 Å². The predicted octanol–water partition coefficient (Wildman–Crippen LogP) is 14.7. The molecular weight excluding hydrogens is 832 g/mol. The van der Waals surface area contributed by atoms with Gasteiger partial charge in [-0.15, -0.1) is 0 Å². The Hall–Kier alpha value is -1.84. The SMILES string of the molecule is CCCCC/C=C/CC/C=C/CCCC(O)C(O)C(COP(=O)(O)OCC[N+](C)(C)C)NC(=O)CCCCCCCCCCCCCCCC/C=C\C/C=C\C/C=C\CCCCCCC. The summed E-state index contributed by atoms with van der Waals surface area (Å²) in [7, 11) is 1.41. The van der Waals surface area contributed by atoms with Crippen LogP contribution in [0.2, 0.25) is 0 Å². The number of nitrogens with zero attached hydrogens (tertiary/aromatic N) is 1. The molecule has 4 atom stereocenters. The first-order chi connectivity index (χ1) is 31.4. The highest BCUT2D eigenvalue weighted by atomic mass is 31.2. The van der Waals surface area contributed by atoms with E-state index in [0.29, 0.717) is 23.9 Å². The van der Waals surface area contributed by atoms with Crippen LogP contribution in [0.1, 0.15) is 226 Å². The van der Waals surface area contributed by atoms with Crippen LogP contribution in [-0.4, -0.2) is 84.6 Å². The molecule has 380 valence electrons. The van der Waals surface area contributed by atoms with E-state index >= 15 is 0 Å². The number of hydrogen-bond acceptors (Lipinski definition) is 6. The average Bonchev–Trinajstić information content (AvgIpc) is 3.26. The molecule has 9 nitrogen and oxygen atoms in total. The fourth-order valence-corrected chi connectivity index (χ4v) is 8.25. The highest BCUT2D eigenvalue weighted by Gasteiger charge is 2.31. The van der Waals surface area contributed by atoms with Gasteiger partial charge in [-0.05, 0) is 89.9 Å². The van der Waals surface area contributed by atoms with Crippen molar-refractivity contribution in [2.24, 2.45) is 0 Å². The molecule has 0 bridgehead atoms. The monoisotopic (exact) mass is 936 g/mol. The molecule has 0 radical (unpaired) electrons. The number of quaternary nitrogens is 1. The molecule has 65 heavy (non-hydrogen) atoms. The number of rotatable bonds is 48. The van der Waals surface area contributed by atoms with E-state index in [1.807, 2.05) is 21.1 Å². The van der Waals surface area contributed by atoms with Crippen LogP contribution in [-0.2, 0) is 18.4 Å². The van der Waals surface area contributed by atoms with E-state index in [1.165, 1.54) is 128 Å². The summed E-state index contributed by atoms with van der Waals surface area (Å²) in [6.07, 6.45) is 57.4. The van der Waals surface area contributed by atoms with E-state index in [1.54, 1.807) is 0 Å². The molecule has 0 aromatic heterocycles. The number of phosphoric acid groups is 1. The van der Waals surface area contributed by atoms with Crippen LogP contribution < -0.4 is 5.32 Å². The Kier molecular flexibility index (Phi) is 44.6. The molecule has 4 N–H and O–H groups in total. The van der Waals surface area contributed by atoms with Crippen molar-refractivity contribution in [3.63, 3.8) is 0 Å². The van der Waals surface area contributed by atoms with Crippen LogP contribution in [0.25, 0.3) is 0 Å². The Balaban J connectivity index is 4.23. The first-order valence-electron chi connectivity index (χ1n) is 26.7. The summed E-state index contributed by atoms with van der Waals surface area (Å²) in [4.78, 5) is 23.3. The van der Waals surface area contributed by atoms with Gasteiger partial charge in [-0.25, -0.2) is 4.57 Å². The Morgan fingerprint density at radius 1 is 0.538 bits per heavy atom. The average molecular weight is 936 g/mol. The molecule has 1 amide bonds. The second-order valence-corrected chi connectivity index (χ2v) is 20.8. The fraction of sp³-hybridized carbons (Fsp3) is 0.800. The molecule has 0 spiro atoms. The van der Waals surface area contributed by atoms with Gasteiger partial charge in [0.25, 0.3) is 0 Å². The first-order valence-corrected chi connectivity index (χ1v) is 28.2. The second-order valence-electron chi connectivity index (χ2n) is 19.4. The Morgan fingerprint density at radius 3 is 1.42 bits per heavy atom. The van der Waals surface area contributed by atoms with Crippen LogP contribution in [0, 0.1) is 0 Å². The van der Waals surface area contributed by atoms with E-state index in [4.69, 9.17) is 9.05 Å². The first kappa shape index (κ1) is 63.2.